The molecule has 0 saturated carbocycles. The number of fused-ring (bicyclic) bond motifs is 1. The fourth-order valence-corrected chi connectivity index (χ4v) is 5.13. The van der Waals surface area contributed by atoms with E-state index in [-0.39, 0.29) is 10.6 Å². The number of halogens is 3. The van der Waals surface area contributed by atoms with Gasteiger partial charge in [-0.3, -0.25) is 9.67 Å². The van der Waals surface area contributed by atoms with E-state index >= 15 is 0 Å². The number of ether oxygens (including phenoxy) is 2. The van der Waals surface area contributed by atoms with E-state index in [1.54, 1.807) is 23.9 Å². The summed E-state index contributed by atoms with van der Waals surface area (Å²) < 4.78 is 26.8. The minimum atomic E-state index is -0.544. The van der Waals surface area contributed by atoms with Crippen LogP contribution in [-0.4, -0.2) is 33.2 Å². The maximum atomic E-state index is 13.8. The number of benzene rings is 3. The number of nitrogens with one attached hydrogen (secondary N) is 2. The molecule has 0 radical (unpaired) electrons. The quantitative estimate of drug-likeness (QED) is 0.216. The van der Waals surface area contributed by atoms with Gasteiger partial charge in [-0.25, -0.2) is 4.39 Å². The van der Waals surface area contributed by atoms with Gasteiger partial charge in [-0.1, -0.05) is 46.6 Å². The molecule has 1 aliphatic rings. The van der Waals surface area contributed by atoms with Crippen molar-refractivity contribution in [1.29, 1.82) is 5.26 Å². The van der Waals surface area contributed by atoms with Crippen LogP contribution in [0.15, 0.2) is 67.0 Å². The Morgan fingerprint density at radius 2 is 1.95 bits per heavy atom. The zero-order valence-electron chi connectivity index (χ0n) is 21.6. The van der Waals surface area contributed by atoms with E-state index in [2.05, 4.69) is 32.0 Å². The predicted octanol–water partition coefficient (Wildman–Crippen LogP) is 6.67. The van der Waals surface area contributed by atoms with Crippen LogP contribution in [0.3, 0.4) is 0 Å². The molecule has 0 amide bonds. The van der Waals surface area contributed by atoms with Gasteiger partial charge in [-0.05, 0) is 42.0 Å². The first-order valence-electron chi connectivity index (χ1n) is 12.6. The molecule has 2 aromatic heterocycles. The van der Waals surface area contributed by atoms with Gasteiger partial charge in [0.2, 0.25) is 0 Å². The van der Waals surface area contributed by atoms with E-state index in [0.29, 0.717) is 51.9 Å². The highest BCUT2D eigenvalue weighted by molar-refractivity contribution is 6.32. The van der Waals surface area contributed by atoms with Crippen LogP contribution in [0.5, 0.6) is 0 Å². The molecule has 41 heavy (non-hydrogen) atoms. The summed E-state index contributed by atoms with van der Waals surface area (Å²) in [6.45, 7) is 1.07. The maximum Gasteiger partial charge on any atom is 0.184 e. The van der Waals surface area contributed by atoms with Gasteiger partial charge in [0.1, 0.15) is 17.6 Å². The number of nitriles is 1. The van der Waals surface area contributed by atoms with Crippen LogP contribution in [0.4, 0.5) is 21.5 Å². The summed E-state index contributed by atoms with van der Waals surface area (Å²) in [6, 6.07) is 17.3. The Morgan fingerprint density at radius 3 is 2.68 bits per heavy atom. The summed E-state index contributed by atoms with van der Waals surface area (Å²) in [5.41, 5.74) is 4.83. The molecule has 0 bridgehead atoms. The number of aryl methyl sites for hydroxylation is 1. The average Bonchev–Trinajstić information content (AvgIpc) is 3.66. The van der Waals surface area contributed by atoms with Crippen LogP contribution in [0.1, 0.15) is 34.7 Å². The Bertz CT molecular complexity index is 1800. The molecule has 0 aliphatic carbocycles. The molecule has 0 spiro atoms. The lowest BCUT2D eigenvalue weighted by Gasteiger charge is -2.22. The Morgan fingerprint density at radius 1 is 1.12 bits per heavy atom. The molecule has 3 heterocycles. The van der Waals surface area contributed by atoms with E-state index in [1.807, 2.05) is 30.5 Å². The molecular weight excluding hydrogens is 568 g/mol. The van der Waals surface area contributed by atoms with Gasteiger partial charge in [0.15, 0.2) is 6.29 Å². The highest BCUT2D eigenvalue weighted by Crippen LogP contribution is 2.38. The lowest BCUT2D eigenvalue weighted by molar-refractivity contribution is -0.0441. The highest BCUT2D eigenvalue weighted by Gasteiger charge is 2.24. The van der Waals surface area contributed by atoms with Crippen LogP contribution in [0.25, 0.3) is 10.9 Å². The molecule has 206 valence electrons. The van der Waals surface area contributed by atoms with Gasteiger partial charge in [0.05, 0.1) is 52.9 Å². The highest BCUT2D eigenvalue weighted by atomic mass is 35.5. The maximum absolute atomic E-state index is 13.8. The van der Waals surface area contributed by atoms with Crippen LogP contribution in [0, 0.1) is 17.1 Å². The third-order valence-corrected chi connectivity index (χ3v) is 7.11. The Kier molecular flexibility index (Phi) is 7.43. The summed E-state index contributed by atoms with van der Waals surface area (Å²) >= 11 is 12.6. The van der Waals surface area contributed by atoms with E-state index in [4.69, 9.17) is 32.7 Å². The molecule has 1 fully saturated rings. The summed E-state index contributed by atoms with van der Waals surface area (Å²) in [5.74, 6) is -0.544. The molecule has 2 N–H and O–H groups in total. The van der Waals surface area contributed by atoms with Crippen molar-refractivity contribution < 1.29 is 13.9 Å². The van der Waals surface area contributed by atoms with Crippen LogP contribution in [0.2, 0.25) is 10.0 Å². The summed E-state index contributed by atoms with van der Waals surface area (Å²) in [5, 5.41) is 26.0. The zero-order chi connectivity index (χ0) is 28.5. The predicted molar refractivity (Wildman–Crippen MR) is 154 cm³/mol. The lowest BCUT2D eigenvalue weighted by atomic mass is 10.00. The number of anilines is 3. The smallest absolute Gasteiger partial charge is 0.184 e. The Hall–Kier alpha value is -4.27. The second-order valence-electron chi connectivity index (χ2n) is 9.40. The van der Waals surface area contributed by atoms with Crippen molar-refractivity contribution in [2.24, 2.45) is 7.05 Å². The first-order valence-corrected chi connectivity index (χ1v) is 13.4. The second kappa shape index (κ2) is 11.3. The lowest BCUT2D eigenvalue weighted by Crippen LogP contribution is -2.14. The molecular formula is C29H22Cl2FN7O2. The summed E-state index contributed by atoms with van der Waals surface area (Å²) in [6.07, 6.45) is 2.86. The third-order valence-electron chi connectivity index (χ3n) is 6.60. The van der Waals surface area contributed by atoms with Crippen LogP contribution in [-0.2, 0) is 16.5 Å². The topological polar surface area (TPSA) is 110 Å². The summed E-state index contributed by atoms with van der Waals surface area (Å²) in [7, 11) is 1.80. The van der Waals surface area contributed by atoms with Gasteiger partial charge in [-0.2, -0.15) is 5.26 Å². The van der Waals surface area contributed by atoms with Gasteiger partial charge in [0.25, 0.3) is 0 Å². The van der Waals surface area contributed by atoms with E-state index in [1.165, 1.54) is 24.4 Å². The Labute approximate surface area is 244 Å². The normalized spacial score (nSPS) is 14.2. The Balaban J connectivity index is 1.45. The molecule has 9 nitrogen and oxygen atoms in total. The molecule has 6 rings (SSSR count). The largest absolute Gasteiger partial charge is 0.371 e. The fraction of sp³-hybridized carbons (Fsp3) is 0.172. The minimum Gasteiger partial charge on any atom is -0.371 e. The first-order chi connectivity index (χ1) is 19.9. The number of rotatable bonds is 7. The number of pyridine rings is 1. The van der Waals surface area contributed by atoms with Crippen molar-refractivity contribution in [3.05, 3.63) is 105 Å². The molecule has 1 unspecified atom stereocenters. The minimum absolute atomic E-state index is 0.0466. The van der Waals surface area contributed by atoms with Gasteiger partial charge >= 0.3 is 0 Å². The van der Waals surface area contributed by atoms with Crippen molar-refractivity contribution in [3.63, 3.8) is 0 Å². The molecule has 12 heteroatoms. The first kappa shape index (κ1) is 26.9. The van der Waals surface area contributed by atoms with E-state index < -0.39 is 18.1 Å². The standard InChI is InChI=1S/C29H22Cl2FN7O2/c1-39-15-25(37-38-39)27(16-3-2-4-17(9-16)29-40-7-8-41-29)36-24-11-19(30)10-21-26(18(13-33)14-34-28(21)24)35-20-5-6-23(32)22(31)12-20/h2-6,9-12,14-15,27,29,36H,7-8H2,1H3,(H,34,35). The monoisotopic (exact) mass is 589 g/mol. The molecule has 1 aliphatic heterocycles. The summed E-state index contributed by atoms with van der Waals surface area (Å²) in [4.78, 5) is 4.60. The molecule has 5 aromatic rings. The van der Waals surface area contributed by atoms with Crippen molar-refractivity contribution in [3.8, 4) is 6.07 Å². The van der Waals surface area contributed by atoms with Crippen molar-refractivity contribution in [2.45, 2.75) is 12.3 Å². The number of aromatic nitrogens is 4. The number of hydrogen-bond acceptors (Lipinski definition) is 8. The van der Waals surface area contributed by atoms with Gasteiger partial charge < -0.3 is 20.1 Å². The van der Waals surface area contributed by atoms with Crippen LogP contribution < -0.4 is 10.6 Å². The fourth-order valence-electron chi connectivity index (χ4n) is 4.73. The average molecular weight is 590 g/mol. The molecule has 1 saturated heterocycles. The van der Waals surface area contributed by atoms with Crippen molar-refractivity contribution in [1.82, 2.24) is 20.0 Å². The van der Waals surface area contributed by atoms with E-state index in [0.717, 1.165) is 11.1 Å². The number of hydrogen-bond donors (Lipinski definition) is 2. The van der Waals surface area contributed by atoms with Gasteiger partial charge in [0, 0.05) is 34.9 Å². The van der Waals surface area contributed by atoms with E-state index in [9.17, 15) is 9.65 Å². The number of nitrogens with zero attached hydrogens (tertiary/aromatic N) is 5. The second-order valence-corrected chi connectivity index (χ2v) is 10.2. The third kappa shape index (κ3) is 5.53. The molecule has 3 aromatic carbocycles. The SMILES string of the molecule is Cn1cc(C(Nc2cc(Cl)cc3c(Nc4ccc(F)c(Cl)c4)c(C#N)cnc23)c2cccc(C3OCCO3)c2)nn1. The van der Waals surface area contributed by atoms with Crippen molar-refractivity contribution >= 4 is 51.2 Å². The van der Waals surface area contributed by atoms with Crippen LogP contribution >= 0.6 is 23.2 Å². The van der Waals surface area contributed by atoms with Gasteiger partial charge in [-0.15, -0.1) is 5.10 Å². The molecule has 1 atom stereocenters. The van der Waals surface area contributed by atoms with Crippen molar-refractivity contribution in [2.75, 3.05) is 23.8 Å². The zero-order valence-corrected chi connectivity index (χ0v) is 23.1.